The molecule has 116 valence electrons. The van der Waals surface area contributed by atoms with Gasteiger partial charge < -0.3 is 10.4 Å². The number of hydrogen-bond acceptors (Lipinski definition) is 3. The molecular weight excluding hydrogens is 252 g/mol. The Labute approximate surface area is 122 Å². The lowest BCUT2D eigenvalue weighted by atomic mass is 9.87. The van der Waals surface area contributed by atoms with Gasteiger partial charge in [0.15, 0.2) is 0 Å². The molecule has 2 rings (SSSR count). The van der Waals surface area contributed by atoms with Gasteiger partial charge in [-0.15, -0.1) is 0 Å². The number of carbonyl (C=O) groups excluding carboxylic acids is 1. The summed E-state index contributed by atoms with van der Waals surface area (Å²) < 4.78 is 0. The number of nitrogens with zero attached hydrogens (tertiary/aromatic N) is 1. The summed E-state index contributed by atoms with van der Waals surface area (Å²) in [4.78, 5) is 14.0. The second-order valence-electron chi connectivity index (χ2n) is 7.13. The quantitative estimate of drug-likeness (QED) is 0.810. The number of nitrogens with one attached hydrogen (secondary N) is 1. The van der Waals surface area contributed by atoms with E-state index in [9.17, 15) is 9.90 Å². The summed E-state index contributed by atoms with van der Waals surface area (Å²) in [6.07, 6.45) is 8.63. The van der Waals surface area contributed by atoms with Crippen LogP contribution in [0.4, 0.5) is 0 Å². The Morgan fingerprint density at radius 2 is 1.85 bits per heavy atom. The number of amides is 1. The van der Waals surface area contributed by atoms with Gasteiger partial charge in [-0.05, 0) is 51.5 Å². The topological polar surface area (TPSA) is 52.6 Å². The maximum Gasteiger partial charge on any atom is 0.234 e. The van der Waals surface area contributed by atoms with Crippen molar-refractivity contribution in [3.05, 3.63) is 0 Å². The van der Waals surface area contributed by atoms with E-state index in [1.807, 2.05) is 11.9 Å². The first-order chi connectivity index (χ1) is 9.47. The third-order valence-electron chi connectivity index (χ3n) is 4.89. The average molecular weight is 282 g/mol. The van der Waals surface area contributed by atoms with Gasteiger partial charge in [-0.25, -0.2) is 0 Å². The van der Waals surface area contributed by atoms with Crippen LogP contribution in [0.2, 0.25) is 0 Å². The highest BCUT2D eigenvalue weighted by molar-refractivity contribution is 5.78. The largest absolute Gasteiger partial charge is 0.389 e. The van der Waals surface area contributed by atoms with Gasteiger partial charge in [0.2, 0.25) is 5.91 Å². The van der Waals surface area contributed by atoms with Gasteiger partial charge in [0, 0.05) is 12.6 Å². The fourth-order valence-electron chi connectivity index (χ4n) is 3.67. The molecule has 2 aliphatic carbocycles. The Kier molecular flexibility index (Phi) is 5.44. The van der Waals surface area contributed by atoms with Crippen LogP contribution in [0.3, 0.4) is 0 Å². The zero-order chi connectivity index (χ0) is 14.6. The van der Waals surface area contributed by atoms with Crippen LogP contribution in [-0.2, 0) is 4.79 Å². The highest BCUT2D eigenvalue weighted by Crippen LogP contribution is 2.29. The Balaban J connectivity index is 1.68. The summed E-state index contributed by atoms with van der Waals surface area (Å²) in [5.41, 5.74) is -0.560. The normalized spacial score (nSPS) is 29.6. The van der Waals surface area contributed by atoms with Gasteiger partial charge in [0.25, 0.3) is 0 Å². The van der Waals surface area contributed by atoms with Gasteiger partial charge in [-0.1, -0.05) is 19.8 Å². The molecule has 0 aromatic heterocycles. The molecule has 2 aliphatic rings. The Hall–Kier alpha value is -0.610. The van der Waals surface area contributed by atoms with Crippen molar-refractivity contribution in [2.75, 3.05) is 20.1 Å². The molecule has 20 heavy (non-hydrogen) atoms. The highest BCUT2D eigenvalue weighted by atomic mass is 16.3. The standard InChI is InChI=1S/C16H30N2O2/c1-13-5-7-14(8-6-13)17-15(19)11-18(2)12-16(20)9-3-4-10-16/h13-14,20H,3-12H2,1-2H3,(H,17,19). The minimum Gasteiger partial charge on any atom is -0.389 e. The van der Waals surface area contributed by atoms with E-state index in [-0.39, 0.29) is 5.91 Å². The molecule has 0 bridgehead atoms. The van der Waals surface area contributed by atoms with Crippen LogP contribution in [0, 0.1) is 5.92 Å². The smallest absolute Gasteiger partial charge is 0.234 e. The first-order valence-corrected chi connectivity index (χ1v) is 8.17. The molecule has 0 aromatic carbocycles. The molecular formula is C16H30N2O2. The molecule has 0 saturated heterocycles. The Morgan fingerprint density at radius 3 is 2.45 bits per heavy atom. The van der Waals surface area contributed by atoms with E-state index in [1.165, 1.54) is 12.8 Å². The van der Waals surface area contributed by atoms with Gasteiger partial charge >= 0.3 is 0 Å². The van der Waals surface area contributed by atoms with E-state index >= 15 is 0 Å². The molecule has 2 N–H and O–H groups in total. The van der Waals surface area contributed by atoms with Crippen molar-refractivity contribution in [1.29, 1.82) is 0 Å². The lowest BCUT2D eigenvalue weighted by molar-refractivity contribution is -0.123. The molecule has 0 aliphatic heterocycles. The summed E-state index contributed by atoms with van der Waals surface area (Å²) in [7, 11) is 1.93. The monoisotopic (exact) mass is 282 g/mol. The second kappa shape index (κ2) is 6.90. The zero-order valence-corrected chi connectivity index (χ0v) is 13.0. The van der Waals surface area contributed by atoms with Gasteiger partial charge in [0.1, 0.15) is 0 Å². The summed E-state index contributed by atoms with van der Waals surface area (Å²) in [5, 5.41) is 13.5. The number of likely N-dealkylation sites (N-methyl/N-ethyl adjacent to an activating group) is 1. The second-order valence-corrected chi connectivity index (χ2v) is 7.13. The van der Waals surface area contributed by atoms with E-state index in [0.29, 0.717) is 19.1 Å². The molecule has 2 saturated carbocycles. The van der Waals surface area contributed by atoms with Crippen molar-refractivity contribution in [2.45, 2.75) is 69.9 Å². The highest BCUT2D eigenvalue weighted by Gasteiger charge is 2.32. The molecule has 4 nitrogen and oxygen atoms in total. The molecule has 1 amide bonds. The van der Waals surface area contributed by atoms with E-state index in [4.69, 9.17) is 0 Å². The number of hydrogen-bond donors (Lipinski definition) is 2. The molecule has 0 radical (unpaired) electrons. The Morgan fingerprint density at radius 1 is 1.25 bits per heavy atom. The lowest BCUT2D eigenvalue weighted by Crippen LogP contribution is -2.46. The van der Waals surface area contributed by atoms with Crippen LogP contribution in [0.25, 0.3) is 0 Å². The summed E-state index contributed by atoms with van der Waals surface area (Å²) in [6.45, 7) is 3.30. The fraction of sp³-hybridized carbons (Fsp3) is 0.938. The molecule has 0 heterocycles. The Bertz CT molecular complexity index is 318. The van der Waals surface area contributed by atoms with Crippen LogP contribution >= 0.6 is 0 Å². The van der Waals surface area contributed by atoms with E-state index in [0.717, 1.165) is 44.4 Å². The van der Waals surface area contributed by atoms with Crippen LogP contribution < -0.4 is 5.32 Å². The first-order valence-electron chi connectivity index (χ1n) is 8.17. The van der Waals surface area contributed by atoms with Crippen molar-refractivity contribution < 1.29 is 9.90 Å². The van der Waals surface area contributed by atoms with Crippen molar-refractivity contribution in [1.82, 2.24) is 10.2 Å². The predicted molar refractivity (Wildman–Crippen MR) is 80.5 cm³/mol. The average Bonchev–Trinajstić information content (AvgIpc) is 2.78. The third kappa shape index (κ3) is 4.74. The van der Waals surface area contributed by atoms with Crippen LogP contribution in [-0.4, -0.2) is 47.7 Å². The van der Waals surface area contributed by atoms with Crippen LogP contribution in [0.1, 0.15) is 58.3 Å². The van der Waals surface area contributed by atoms with Gasteiger partial charge in [-0.2, -0.15) is 0 Å². The number of rotatable bonds is 5. The molecule has 2 fully saturated rings. The minimum atomic E-state index is -0.560. The molecule has 0 aromatic rings. The summed E-state index contributed by atoms with van der Waals surface area (Å²) >= 11 is 0. The van der Waals surface area contributed by atoms with Gasteiger partial charge in [-0.3, -0.25) is 9.69 Å². The van der Waals surface area contributed by atoms with Crippen molar-refractivity contribution in [3.63, 3.8) is 0 Å². The minimum absolute atomic E-state index is 0.105. The van der Waals surface area contributed by atoms with Crippen molar-refractivity contribution >= 4 is 5.91 Å². The molecule has 0 unspecified atom stereocenters. The van der Waals surface area contributed by atoms with Crippen LogP contribution in [0.15, 0.2) is 0 Å². The maximum atomic E-state index is 12.0. The fourth-order valence-corrected chi connectivity index (χ4v) is 3.67. The summed E-state index contributed by atoms with van der Waals surface area (Å²) in [6, 6.07) is 0.363. The summed E-state index contributed by atoms with van der Waals surface area (Å²) in [5.74, 6) is 0.913. The van der Waals surface area contributed by atoms with E-state index in [1.54, 1.807) is 0 Å². The first kappa shape index (κ1) is 15.8. The molecule has 4 heteroatoms. The zero-order valence-electron chi connectivity index (χ0n) is 13.0. The third-order valence-corrected chi connectivity index (χ3v) is 4.89. The van der Waals surface area contributed by atoms with Crippen molar-refractivity contribution in [3.8, 4) is 0 Å². The van der Waals surface area contributed by atoms with Crippen LogP contribution in [0.5, 0.6) is 0 Å². The molecule has 0 atom stereocenters. The maximum absolute atomic E-state index is 12.0. The van der Waals surface area contributed by atoms with Crippen molar-refractivity contribution in [2.24, 2.45) is 5.92 Å². The predicted octanol–water partition coefficient (Wildman–Crippen LogP) is 1.92. The number of aliphatic hydroxyl groups is 1. The molecule has 0 spiro atoms. The SMILES string of the molecule is CC1CCC(NC(=O)CN(C)CC2(O)CCCC2)CC1. The van der Waals surface area contributed by atoms with E-state index in [2.05, 4.69) is 12.2 Å². The van der Waals surface area contributed by atoms with E-state index < -0.39 is 5.60 Å². The van der Waals surface area contributed by atoms with Gasteiger partial charge in [0.05, 0.1) is 12.1 Å². The lowest BCUT2D eigenvalue weighted by Gasteiger charge is -2.30. The number of carbonyl (C=O) groups is 1.